The van der Waals surface area contributed by atoms with Crippen molar-refractivity contribution in [3.05, 3.63) is 30.1 Å². The predicted molar refractivity (Wildman–Crippen MR) is 95.9 cm³/mol. The average Bonchev–Trinajstić information content (AvgIpc) is 3.04. The molecule has 0 saturated heterocycles. The lowest BCUT2D eigenvalue weighted by Crippen LogP contribution is -2.41. The smallest absolute Gasteiger partial charge is 0.268 e. The summed E-state index contributed by atoms with van der Waals surface area (Å²) in [6.07, 6.45) is 1.57. The number of aromatic amines is 1. The van der Waals surface area contributed by atoms with Crippen molar-refractivity contribution in [2.24, 2.45) is 11.0 Å². The van der Waals surface area contributed by atoms with E-state index in [9.17, 15) is 9.59 Å². The number of aromatic nitrogens is 2. The second kappa shape index (κ2) is 7.04. The van der Waals surface area contributed by atoms with Crippen LogP contribution < -0.4 is 5.32 Å². The molecule has 2 N–H and O–H groups in total. The van der Waals surface area contributed by atoms with Crippen LogP contribution in [0.25, 0.3) is 11.0 Å². The van der Waals surface area contributed by atoms with Gasteiger partial charge in [0.2, 0.25) is 5.91 Å². The Hall–Kier alpha value is -2.70. The van der Waals surface area contributed by atoms with E-state index in [4.69, 9.17) is 0 Å². The highest BCUT2D eigenvalue weighted by Gasteiger charge is 2.28. The molecule has 7 heteroatoms. The molecule has 1 aliphatic heterocycles. The van der Waals surface area contributed by atoms with Crippen LogP contribution in [0.5, 0.6) is 0 Å². The summed E-state index contributed by atoms with van der Waals surface area (Å²) in [6, 6.07) is 7.55. The zero-order chi connectivity index (χ0) is 18.0. The normalized spacial score (nSPS) is 17.3. The summed E-state index contributed by atoms with van der Waals surface area (Å²) in [4.78, 5) is 32.1. The largest absolute Gasteiger partial charge is 0.341 e. The third-order valence-corrected chi connectivity index (χ3v) is 4.67. The Labute approximate surface area is 146 Å². The lowest BCUT2D eigenvalue weighted by Gasteiger charge is -2.24. The van der Waals surface area contributed by atoms with Gasteiger partial charge in [0.05, 0.1) is 17.1 Å². The molecule has 0 spiro atoms. The second-order valence-corrected chi connectivity index (χ2v) is 6.44. The maximum atomic E-state index is 12.6. The number of nitrogens with zero attached hydrogens (tertiary/aromatic N) is 3. The van der Waals surface area contributed by atoms with E-state index in [2.05, 4.69) is 34.2 Å². The Bertz CT molecular complexity index is 793. The van der Waals surface area contributed by atoms with E-state index in [1.807, 2.05) is 24.3 Å². The number of carbonyl (C=O) groups is 2. The number of hydrogen-bond acceptors (Lipinski definition) is 4. The number of nitrogens with one attached hydrogen (secondary N) is 2. The summed E-state index contributed by atoms with van der Waals surface area (Å²) in [5.41, 5.74) is 2.20. The van der Waals surface area contributed by atoms with E-state index in [0.717, 1.165) is 23.3 Å². The number of amides is 2. The number of hydrazone groups is 1. The van der Waals surface area contributed by atoms with Crippen molar-refractivity contribution in [3.63, 3.8) is 0 Å². The highest BCUT2D eigenvalue weighted by molar-refractivity contribution is 6.39. The molecule has 0 bridgehead atoms. The van der Waals surface area contributed by atoms with Crippen molar-refractivity contribution in [1.82, 2.24) is 20.3 Å². The number of benzene rings is 1. The van der Waals surface area contributed by atoms with Crippen LogP contribution in [0, 0.1) is 5.92 Å². The van der Waals surface area contributed by atoms with Gasteiger partial charge in [-0.25, -0.2) is 9.99 Å². The maximum absolute atomic E-state index is 12.6. The molecular formula is C18H23N5O2. The Morgan fingerprint density at radius 3 is 2.80 bits per heavy atom. The van der Waals surface area contributed by atoms with Gasteiger partial charge in [-0.1, -0.05) is 32.4 Å². The van der Waals surface area contributed by atoms with Gasteiger partial charge in [0.1, 0.15) is 11.5 Å². The summed E-state index contributed by atoms with van der Waals surface area (Å²) in [5.74, 6) is 0.621. The van der Waals surface area contributed by atoms with Gasteiger partial charge in [0, 0.05) is 19.9 Å². The number of hydrogen-bond donors (Lipinski definition) is 2. The molecule has 2 atom stereocenters. The fourth-order valence-electron chi connectivity index (χ4n) is 2.89. The van der Waals surface area contributed by atoms with Crippen LogP contribution in [0.15, 0.2) is 29.4 Å². The van der Waals surface area contributed by atoms with E-state index >= 15 is 0 Å². The standard InChI is InChI=1S/C18H23N5O2/c1-4-11(2)16(17-19-12-7-5-6-8-13(12)20-17)21-18(25)14-9-10-15(24)23(3)22-14/h5-8,11,16H,4,9-10H2,1-3H3,(H,19,20)(H,21,25)/t11-,16-/m1/s1. The topological polar surface area (TPSA) is 90.4 Å². The van der Waals surface area contributed by atoms with Gasteiger partial charge >= 0.3 is 0 Å². The molecule has 0 saturated carbocycles. The van der Waals surface area contributed by atoms with Crippen molar-refractivity contribution in [3.8, 4) is 0 Å². The van der Waals surface area contributed by atoms with Crippen LogP contribution in [0.1, 0.15) is 45.0 Å². The molecule has 1 aromatic carbocycles. The number of para-hydroxylation sites is 2. The SMILES string of the molecule is CC[C@@H](C)[C@@H](NC(=O)C1=NN(C)C(=O)CC1)c1nc2ccccc2[nH]1. The van der Waals surface area contributed by atoms with E-state index in [0.29, 0.717) is 18.6 Å². The minimum Gasteiger partial charge on any atom is -0.341 e. The maximum Gasteiger partial charge on any atom is 0.268 e. The van der Waals surface area contributed by atoms with Gasteiger partial charge < -0.3 is 10.3 Å². The summed E-state index contributed by atoms with van der Waals surface area (Å²) >= 11 is 0. The van der Waals surface area contributed by atoms with Gasteiger partial charge in [0.25, 0.3) is 5.91 Å². The van der Waals surface area contributed by atoms with Crippen molar-refractivity contribution >= 4 is 28.6 Å². The van der Waals surface area contributed by atoms with Crippen molar-refractivity contribution in [1.29, 1.82) is 0 Å². The summed E-state index contributed by atoms with van der Waals surface area (Å²) in [7, 11) is 1.57. The van der Waals surface area contributed by atoms with E-state index in [-0.39, 0.29) is 23.8 Å². The first-order valence-corrected chi connectivity index (χ1v) is 8.59. The minimum atomic E-state index is -0.245. The molecule has 1 aliphatic rings. The number of carbonyl (C=O) groups excluding carboxylic acids is 2. The summed E-state index contributed by atoms with van der Waals surface area (Å²) in [5, 5.41) is 8.38. The molecule has 1 aromatic heterocycles. The van der Waals surface area contributed by atoms with Crippen molar-refractivity contribution in [2.75, 3.05) is 7.05 Å². The lowest BCUT2D eigenvalue weighted by molar-refractivity contribution is -0.130. The molecule has 25 heavy (non-hydrogen) atoms. The average molecular weight is 341 g/mol. The fourth-order valence-corrected chi connectivity index (χ4v) is 2.89. The van der Waals surface area contributed by atoms with Crippen LogP contribution in [0.4, 0.5) is 0 Å². The van der Waals surface area contributed by atoms with Gasteiger partial charge in [-0.3, -0.25) is 9.59 Å². The summed E-state index contributed by atoms with van der Waals surface area (Å²) in [6.45, 7) is 4.16. The zero-order valence-electron chi connectivity index (χ0n) is 14.7. The molecule has 0 radical (unpaired) electrons. The van der Waals surface area contributed by atoms with E-state index in [1.165, 1.54) is 5.01 Å². The quantitative estimate of drug-likeness (QED) is 0.875. The molecule has 0 fully saturated rings. The first-order valence-electron chi connectivity index (χ1n) is 8.59. The number of fused-ring (bicyclic) bond motifs is 1. The number of H-pyrrole nitrogens is 1. The molecule has 3 rings (SSSR count). The highest BCUT2D eigenvalue weighted by atomic mass is 16.2. The molecular weight excluding hydrogens is 318 g/mol. The Morgan fingerprint density at radius 1 is 1.36 bits per heavy atom. The Morgan fingerprint density at radius 2 is 2.12 bits per heavy atom. The first-order chi connectivity index (χ1) is 12.0. The predicted octanol–water partition coefficient (Wildman–Crippen LogP) is 2.37. The van der Waals surface area contributed by atoms with Crippen LogP contribution >= 0.6 is 0 Å². The van der Waals surface area contributed by atoms with Gasteiger partial charge in [-0.15, -0.1) is 0 Å². The molecule has 132 valence electrons. The van der Waals surface area contributed by atoms with Crippen LogP contribution in [0.2, 0.25) is 0 Å². The third-order valence-electron chi connectivity index (χ3n) is 4.67. The second-order valence-electron chi connectivity index (χ2n) is 6.44. The zero-order valence-corrected chi connectivity index (χ0v) is 14.7. The van der Waals surface area contributed by atoms with Crippen LogP contribution in [-0.2, 0) is 9.59 Å². The molecule has 0 aliphatic carbocycles. The molecule has 2 amide bonds. The van der Waals surface area contributed by atoms with Gasteiger partial charge in [-0.05, 0) is 18.1 Å². The molecule has 0 unspecified atom stereocenters. The Kier molecular flexibility index (Phi) is 4.83. The van der Waals surface area contributed by atoms with E-state index < -0.39 is 0 Å². The molecule has 2 aromatic rings. The first kappa shape index (κ1) is 17.1. The molecule has 2 heterocycles. The summed E-state index contributed by atoms with van der Waals surface area (Å²) < 4.78 is 0. The van der Waals surface area contributed by atoms with Crippen LogP contribution in [-0.4, -0.2) is 39.6 Å². The number of imidazole rings is 1. The lowest BCUT2D eigenvalue weighted by atomic mass is 9.98. The molecule has 7 nitrogen and oxygen atoms in total. The van der Waals surface area contributed by atoms with Crippen LogP contribution in [0.3, 0.4) is 0 Å². The number of rotatable bonds is 5. The van der Waals surface area contributed by atoms with E-state index in [1.54, 1.807) is 7.05 Å². The van der Waals surface area contributed by atoms with Crippen molar-refractivity contribution in [2.45, 2.75) is 39.2 Å². The van der Waals surface area contributed by atoms with Crippen molar-refractivity contribution < 1.29 is 9.59 Å². The minimum absolute atomic E-state index is 0.0766. The fraction of sp³-hybridized carbons (Fsp3) is 0.444. The monoisotopic (exact) mass is 341 g/mol. The third kappa shape index (κ3) is 3.55. The van der Waals surface area contributed by atoms with Gasteiger partial charge in [-0.2, -0.15) is 5.10 Å². The Balaban J connectivity index is 1.85. The van der Waals surface area contributed by atoms with Gasteiger partial charge in [0.15, 0.2) is 0 Å². The highest BCUT2D eigenvalue weighted by Crippen LogP contribution is 2.25.